The summed E-state index contributed by atoms with van der Waals surface area (Å²) in [6, 6.07) is 6.13. The first-order valence-electron chi connectivity index (χ1n) is 5.05. The Morgan fingerprint density at radius 3 is 2.81 bits per heavy atom. The molecule has 0 aromatic heterocycles. The van der Waals surface area contributed by atoms with E-state index in [2.05, 4.69) is 5.48 Å². The molecule has 0 radical (unpaired) electrons. The van der Waals surface area contributed by atoms with Crippen LogP contribution in [-0.2, 0) is 9.63 Å². The van der Waals surface area contributed by atoms with Crippen LogP contribution < -0.4 is 11.2 Å². The zero-order valence-corrected chi connectivity index (χ0v) is 9.07. The van der Waals surface area contributed by atoms with Crippen molar-refractivity contribution in [2.45, 2.75) is 19.4 Å². The molecule has 0 bridgehead atoms. The number of primary amides is 1. The van der Waals surface area contributed by atoms with Gasteiger partial charge in [0.2, 0.25) is 5.91 Å². The first-order chi connectivity index (χ1) is 7.65. The van der Waals surface area contributed by atoms with E-state index in [1.54, 1.807) is 18.2 Å². The number of nitrogens with two attached hydrogens (primary N) is 1. The minimum absolute atomic E-state index is 0.231. The number of amides is 1. The van der Waals surface area contributed by atoms with Crippen molar-refractivity contribution in [3.63, 3.8) is 0 Å². The van der Waals surface area contributed by atoms with E-state index in [-0.39, 0.29) is 18.5 Å². The molecule has 5 heteroatoms. The molecule has 16 heavy (non-hydrogen) atoms. The van der Waals surface area contributed by atoms with Crippen LogP contribution in [0.25, 0.3) is 0 Å². The molecule has 1 aromatic carbocycles. The molecule has 1 rings (SSSR count). The second-order valence-electron chi connectivity index (χ2n) is 3.36. The second kappa shape index (κ2) is 6.19. The van der Waals surface area contributed by atoms with Gasteiger partial charge in [-0.15, -0.1) is 0 Å². The predicted molar refractivity (Wildman–Crippen MR) is 57.7 cm³/mol. The molecule has 1 unspecified atom stereocenters. The molecular weight excluding hydrogens is 211 g/mol. The summed E-state index contributed by atoms with van der Waals surface area (Å²) < 4.78 is 13.4. The first-order valence-corrected chi connectivity index (χ1v) is 5.05. The monoisotopic (exact) mass is 226 g/mol. The van der Waals surface area contributed by atoms with E-state index in [0.717, 1.165) is 0 Å². The van der Waals surface area contributed by atoms with Gasteiger partial charge in [0.1, 0.15) is 12.4 Å². The third kappa shape index (κ3) is 3.60. The lowest BCUT2D eigenvalue weighted by Crippen LogP contribution is -2.28. The Labute approximate surface area is 93.5 Å². The zero-order valence-electron chi connectivity index (χ0n) is 9.07. The number of hydroxylamine groups is 1. The molecule has 4 nitrogen and oxygen atoms in total. The van der Waals surface area contributed by atoms with Gasteiger partial charge in [-0.25, -0.2) is 4.39 Å². The van der Waals surface area contributed by atoms with Crippen molar-refractivity contribution in [2.75, 3.05) is 6.61 Å². The SMILES string of the molecule is CCC(NOCC(N)=O)c1ccccc1F. The highest BCUT2D eigenvalue weighted by molar-refractivity contribution is 5.74. The maximum absolute atomic E-state index is 13.4. The Hall–Kier alpha value is -1.46. The maximum atomic E-state index is 13.4. The lowest BCUT2D eigenvalue weighted by molar-refractivity contribution is -0.126. The minimum Gasteiger partial charge on any atom is -0.368 e. The summed E-state index contributed by atoms with van der Waals surface area (Å²) >= 11 is 0. The number of rotatable bonds is 6. The quantitative estimate of drug-likeness (QED) is 0.718. The van der Waals surface area contributed by atoms with Crippen molar-refractivity contribution in [1.82, 2.24) is 5.48 Å². The smallest absolute Gasteiger partial charge is 0.245 e. The fourth-order valence-corrected chi connectivity index (χ4v) is 1.34. The van der Waals surface area contributed by atoms with Gasteiger partial charge in [0.15, 0.2) is 0 Å². The van der Waals surface area contributed by atoms with Crippen molar-refractivity contribution < 1.29 is 14.0 Å². The van der Waals surface area contributed by atoms with Crippen molar-refractivity contribution in [2.24, 2.45) is 5.73 Å². The van der Waals surface area contributed by atoms with Crippen LogP contribution in [0.2, 0.25) is 0 Å². The third-order valence-corrected chi connectivity index (χ3v) is 2.13. The molecular formula is C11H15FN2O2. The fourth-order valence-electron chi connectivity index (χ4n) is 1.34. The fraction of sp³-hybridized carbons (Fsp3) is 0.364. The highest BCUT2D eigenvalue weighted by atomic mass is 19.1. The molecule has 1 amide bonds. The van der Waals surface area contributed by atoms with Crippen LogP contribution in [0.5, 0.6) is 0 Å². The summed E-state index contributed by atoms with van der Waals surface area (Å²) in [6.45, 7) is 1.66. The number of hydrogen-bond donors (Lipinski definition) is 2. The van der Waals surface area contributed by atoms with Crippen LogP contribution in [0.3, 0.4) is 0 Å². The van der Waals surface area contributed by atoms with Gasteiger partial charge in [-0.3, -0.25) is 9.63 Å². The van der Waals surface area contributed by atoms with Crippen molar-refractivity contribution >= 4 is 5.91 Å². The predicted octanol–water partition coefficient (Wildman–Crippen LogP) is 1.28. The highest BCUT2D eigenvalue weighted by Crippen LogP contribution is 2.19. The summed E-state index contributed by atoms with van der Waals surface area (Å²) in [6.07, 6.45) is 0.639. The van der Waals surface area contributed by atoms with E-state index in [0.29, 0.717) is 12.0 Å². The van der Waals surface area contributed by atoms with E-state index >= 15 is 0 Å². The Balaban J connectivity index is 2.60. The lowest BCUT2D eigenvalue weighted by Gasteiger charge is -2.17. The average molecular weight is 226 g/mol. The highest BCUT2D eigenvalue weighted by Gasteiger charge is 2.13. The second-order valence-corrected chi connectivity index (χ2v) is 3.36. The molecule has 0 aliphatic carbocycles. The van der Waals surface area contributed by atoms with Crippen molar-refractivity contribution in [1.29, 1.82) is 0 Å². The van der Waals surface area contributed by atoms with E-state index < -0.39 is 5.91 Å². The van der Waals surface area contributed by atoms with Gasteiger partial charge in [0, 0.05) is 5.56 Å². The Morgan fingerprint density at radius 2 is 2.25 bits per heavy atom. The standard InChI is InChI=1S/C11H15FN2O2/c1-2-10(14-16-7-11(13)15)8-5-3-4-6-9(8)12/h3-6,10,14H,2,7H2,1H3,(H2,13,15). The zero-order chi connectivity index (χ0) is 12.0. The van der Waals surface area contributed by atoms with Crippen LogP contribution in [0, 0.1) is 5.82 Å². The summed E-state index contributed by atoms with van der Waals surface area (Å²) in [5.41, 5.74) is 8.04. The number of hydrogen-bond acceptors (Lipinski definition) is 3. The Kier molecular flexibility index (Phi) is 4.88. The van der Waals surface area contributed by atoms with E-state index in [9.17, 15) is 9.18 Å². The number of nitrogens with one attached hydrogen (secondary N) is 1. The van der Waals surface area contributed by atoms with Crippen LogP contribution in [0.15, 0.2) is 24.3 Å². The summed E-state index contributed by atoms with van der Waals surface area (Å²) in [4.78, 5) is 15.3. The molecule has 0 aliphatic heterocycles. The maximum Gasteiger partial charge on any atom is 0.245 e. The van der Waals surface area contributed by atoms with Gasteiger partial charge >= 0.3 is 0 Å². The van der Waals surface area contributed by atoms with E-state index in [1.807, 2.05) is 6.92 Å². The number of carbonyl (C=O) groups is 1. The Bertz CT molecular complexity index is 358. The van der Waals surface area contributed by atoms with Gasteiger partial charge in [-0.05, 0) is 12.5 Å². The molecule has 0 fully saturated rings. The van der Waals surface area contributed by atoms with Crippen LogP contribution in [0.4, 0.5) is 4.39 Å². The summed E-state index contributed by atoms with van der Waals surface area (Å²) in [7, 11) is 0. The molecule has 0 saturated carbocycles. The summed E-state index contributed by atoms with van der Waals surface area (Å²) in [5.74, 6) is -0.875. The molecule has 0 heterocycles. The molecule has 1 aromatic rings. The molecule has 1 atom stereocenters. The van der Waals surface area contributed by atoms with E-state index in [4.69, 9.17) is 10.6 Å². The Morgan fingerprint density at radius 1 is 1.56 bits per heavy atom. The number of halogens is 1. The number of carbonyl (C=O) groups excluding carboxylic acids is 1. The van der Waals surface area contributed by atoms with Gasteiger partial charge in [0.05, 0.1) is 6.04 Å². The van der Waals surface area contributed by atoms with Crippen molar-refractivity contribution in [3.8, 4) is 0 Å². The normalized spacial score (nSPS) is 12.4. The molecule has 0 aliphatic rings. The van der Waals surface area contributed by atoms with Gasteiger partial charge in [0.25, 0.3) is 0 Å². The van der Waals surface area contributed by atoms with Crippen LogP contribution in [-0.4, -0.2) is 12.5 Å². The lowest BCUT2D eigenvalue weighted by atomic mass is 10.1. The van der Waals surface area contributed by atoms with Gasteiger partial charge in [-0.2, -0.15) is 5.48 Å². The third-order valence-electron chi connectivity index (χ3n) is 2.13. The van der Waals surface area contributed by atoms with Gasteiger partial charge in [-0.1, -0.05) is 25.1 Å². The molecule has 0 spiro atoms. The van der Waals surface area contributed by atoms with Crippen LogP contribution >= 0.6 is 0 Å². The number of benzene rings is 1. The average Bonchev–Trinajstić information content (AvgIpc) is 2.25. The van der Waals surface area contributed by atoms with Crippen molar-refractivity contribution in [3.05, 3.63) is 35.6 Å². The topological polar surface area (TPSA) is 64.3 Å². The van der Waals surface area contributed by atoms with Crippen LogP contribution in [0.1, 0.15) is 24.9 Å². The summed E-state index contributed by atoms with van der Waals surface area (Å²) in [5, 5.41) is 0. The minimum atomic E-state index is -0.573. The molecule has 0 saturated heterocycles. The largest absolute Gasteiger partial charge is 0.368 e. The van der Waals surface area contributed by atoms with Gasteiger partial charge < -0.3 is 5.73 Å². The first kappa shape index (κ1) is 12.6. The molecule has 88 valence electrons. The molecule has 3 N–H and O–H groups in total. The van der Waals surface area contributed by atoms with E-state index in [1.165, 1.54) is 6.07 Å².